The Morgan fingerprint density at radius 3 is 2.47 bits per heavy atom. The van der Waals surface area contributed by atoms with Gasteiger partial charge in [-0.2, -0.15) is 0 Å². The van der Waals surface area contributed by atoms with Crippen molar-refractivity contribution in [3.05, 3.63) is 0 Å². The van der Waals surface area contributed by atoms with Crippen LogP contribution in [-0.2, 0) is 4.79 Å². The van der Waals surface area contributed by atoms with Crippen LogP contribution in [0.4, 0.5) is 0 Å². The predicted molar refractivity (Wildman–Crippen MR) is 76.5 cm³/mol. The Morgan fingerprint density at radius 2 is 2.05 bits per heavy atom. The van der Waals surface area contributed by atoms with Crippen LogP contribution in [0.2, 0.25) is 0 Å². The number of hydrogen-bond acceptors (Lipinski definition) is 3. The van der Waals surface area contributed by atoms with Crippen molar-refractivity contribution in [1.82, 2.24) is 10.2 Å². The van der Waals surface area contributed by atoms with Gasteiger partial charge in [0.05, 0.1) is 12.6 Å². The van der Waals surface area contributed by atoms with Gasteiger partial charge in [0.15, 0.2) is 0 Å². The number of aliphatic hydroxyl groups excluding tert-OH is 1. The summed E-state index contributed by atoms with van der Waals surface area (Å²) in [5, 5.41) is 12.2. The molecule has 1 rings (SSSR count). The van der Waals surface area contributed by atoms with Crippen LogP contribution in [0, 0.1) is 18.3 Å². The molecule has 0 aromatic heterocycles. The molecule has 0 aromatic carbocycles. The minimum Gasteiger partial charge on any atom is -0.393 e. The van der Waals surface area contributed by atoms with E-state index in [4.69, 9.17) is 6.42 Å². The summed E-state index contributed by atoms with van der Waals surface area (Å²) in [5.41, 5.74) is -0.509. The summed E-state index contributed by atoms with van der Waals surface area (Å²) in [6.45, 7) is 5.19. The summed E-state index contributed by atoms with van der Waals surface area (Å²) in [6, 6.07) is 0. The first-order valence-corrected chi connectivity index (χ1v) is 7.10. The second-order valence-corrected chi connectivity index (χ2v) is 5.67. The van der Waals surface area contributed by atoms with Crippen LogP contribution in [0.25, 0.3) is 0 Å². The third-order valence-corrected chi connectivity index (χ3v) is 4.06. The molecule has 1 fully saturated rings. The molecule has 0 aliphatic heterocycles. The van der Waals surface area contributed by atoms with Crippen molar-refractivity contribution in [2.24, 2.45) is 5.92 Å². The number of hydrogen-bond donors (Lipinski definition) is 2. The zero-order valence-corrected chi connectivity index (χ0v) is 12.3. The van der Waals surface area contributed by atoms with Crippen LogP contribution in [0.3, 0.4) is 0 Å². The van der Waals surface area contributed by atoms with Crippen LogP contribution < -0.4 is 5.32 Å². The summed E-state index contributed by atoms with van der Waals surface area (Å²) in [4.78, 5) is 14.0. The number of carbonyl (C=O) groups excluding carboxylic acids is 1. The zero-order chi connectivity index (χ0) is 14.5. The van der Waals surface area contributed by atoms with Crippen molar-refractivity contribution in [3.8, 4) is 12.3 Å². The van der Waals surface area contributed by atoms with Crippen LogP contribution >= 0.6 is 0 Å². The molecule has 4 heteroatoms. The number of carbonyl (C=O) groups is 1. The third-order valence-electron chi connectivity index (χ3n) is 4.06. The Balaban J connectivity index is 2.35. The quantitative estimate of drug-likeness (QED) is 0.676. The fourth-order valence-corrected chi connectivity index (χ4v) is 2.57. The first kappa shape index (κ1) is 16.0. The summed E-state index contributed by atoms with van der Waals surface area (Å²) < 4.78 is 0. The molecule has 1 aliphatic carbocycles. The van der Waals surface area contributed by atoms with Crippen molar-refractivity contribution in [2.75, 3.05) is 20.1 Å². The van der Waals surface area contributed by atoms with E-state index in [1.807, 2.05) is 25.8 Å². The largest absolute Gasteiger partial charge is 0.393 e. The Labute approximate surface area is 116 Å². The summed E-state index contributed by atoms with van der Waals surface area (Å²) in [7, 11) is 1.93. The Kier molecular flexibility index (Phi) is 5.84. The zero-order valence-electron chi connectivity index (χ0n) is 12.3. The highest BCUT2D eigenvalue weighted by Crippen LogP contribution is 2.27. The number of likely N-dealkylation sites (N-methyl/N-ethyl adjacent to an activating group) is 1. The standard InChI is InChI=1S/C15H26N2O2/c1-5-15(6-2,7-3)16-14(19)11-17(4)10-12-8-13(18)9-12/h1,12-13,18H,6-11H2,2-4H3,(H,16,19). The lowest BCUT2D eigenvalue weighted by atomic mass is 9.82. The summed E-state index contributed by atoms with van der Waals surface area (Å²) in [5.74, 6) is 3.20. The average molecular weight is 266 g/mol. The van der Waals surface area contributed by atoms with Crippen LogP contribution in [0.15, 0.2) is 0 Å². The van der Waals surface area contributed by atoms with Crippen LogP contribution in [-0.4, -0.2) is 47.7 Å². The third kappa shape index (κ3) is 4.52. The van der Waals surface area contributed by atoms with Gasteiger partial charge in [-0.3, -0.25) is 9.69 Å². The van der Waals surface area contributed by atoms with Gasteiger partial charge in [0.1, 0.15) is 5.54 Å². The fraction of sp³-hybridized carbons (Fsp3) is 0.800. The second-order valence-electron chi connectivity index (χ2n) is 5.67. The number of terminal acetylenes is 1. The van der Waals surface area contributed by atoms with E-state index in [1.165, 1.54) is 0 Å². The van der Waals surface area contributed by atoms with Crippen molar-refractivity contribution in [3.63, 3.8) is 0 Å². The van der Waals surface area contributed by atoms with Gasteiger partial charge < -0.3 is 10.4 Å². The van der Waals surface area contributed by atoms with E-state index in [2.05, 4.69) is 11.2 Å². The van der Waals surface area contributed by atoms with E-state index in [0.29, 0.717) is 12.5 Å². The highest BCUT2D eigenvalue weighted by Gasteiger charge is 2.29. The highest BCUT2D eigenvalue weighted by molar-refractivity contribution is 5.79. The molecule has 19 heavy (non-hydrogen) atoms. The minimum atomic E-state index is -0.509. The van der Waals surface area contributed by atoms with E-state index in [0.717, 1.165) is 32.2 Å². The molecular weight excluding hydrogens is 240 g/mol. The second kappa shape index (κ2) is 6.93. The molecule has 1 amide bonds. The number of nitrogens with one attached hydrogen (secondary N) is 1. The lowest BCUT2D eigenvalue weighted by Crippen LogP contribution is -2.50. The maximum absolute atomic E-state index is 12.0. The Bertz CT molecular complexity index is 339. The molecule has 0 unspecified atom stereocenters. The monoisotopic (exact) mass is 266 g/mol. The van der Waals surface area contributed by atoms with Gasteiger partial charge in [0.2, 0.25) is 5.91 Å². The first-order valence-electron chi connectivity index (χ1n) is 7.10. The van der Waals surface area contributed by atoms with Gasteiger partial charge in [-0.05, 0) is 38.6 Å². The van der Waals surface area contributed by atoms with E-state index in [9.17, 15) is 9.90 Å². The van der Waals surface area contributed by atoms with Gasteiger partial charge in [-0.25, -0.2) is 0 Å². The molecule has 108 valence electrons. The molecular formula is C15H26N2O2. The lowest BCUT2D eigenvalue weighted by molar-refractivity contribution is -0.123. The SMILES string of the molecule is C#CC(CC)(CC)NC(=O)CN(C)CC1CC(O)C1. The minimum absolute atomic E-state index is 0.0241. The summed E-state index contributed by atoms with van der Waals surface area (Å²) in [6.07, 6.45) is 8.57. The smallest absolute Gasteiger partial charge is 0.235 e. The van der Waals surface area contributed by atoms with Gasteiger partial charge in [0, 0.05) is 6.54 Å². The van der Waals surface area contributed by atoms with Gasteiger partial charge in [0.25, 0.3) is 0 Å². The van der Waals surface area contributed by atoms with E-state index >= 15 is 0 Å². The van der Waals surface area contributed by atoms with Crippen molar-refractivity contribution in [1.29, 1.82) is 0 Å². The van der Waals surface area contributed by atoms with E-state index < -0.39 is 5.54 Å². The number of rotatable bonds is 7. The Hall–Kier alpha value is -1.05. The van der Waals surface area contributed by atoms with Crippen molar-refractivity contribution >= 4 is 5.91 Å². The van der Waals surface area contributed by atoms with Crippen molar-refractivity contribution in [2.45, 2.75) is 51.2 Å². The molecule has 1 aliphatic rings. The molecule has 0 spiro atoms. The van der Waals surface area contributed by atoms with Crippen LogP contribution in [0.5, 0.6) is 0 Å². The molecule has 0 bridgehead atoms. The molecule has 0 aromatic rings. The number of amides is 1. The van der Waals surface area contributed by atoms with E-state index in [1.54, 1.807) is 0 Å². The summed E-state index contributed by atoms with van der Waals surface area (Å²) >= 11 is 0. The molecule has 0 atom stereocenters. The molecule has 1 saturated carbocycles. The lowest BCUT2D eigenvalue weighted by Gasteiger charge is -2.34. The highest BCUT2D eigenvalue weighted by atomic mass is 16.3. The predicted octanol–water partition coefficient (Wildman–Crippen LogP) is 0.997. The number of aliphatic hydroxyl groups is 1. The maximum Gasteiger partial charge on any atom is 0.235 e. The first-order chi connectivity index (χ1) is 8.94. The van der Waals surface area contributed by atoms with Gasteiger partial charge >= 0.3 is 0 Å². The average Bonchev–Trinajstić information content (AvgIpc) is 2.34. The normalized spacial score (nSPS) is 22.7. The maximum atomic E-state index is 12.0. The molecule has 4 nitrogen and oxygen atoms in total. The fourth-order valence-electron chi connectivity index (χ4n) is 2.57. The molecule has 2 N–H and O–H groups in total. The topological polar surface area (TPSA) is 52.6 Å². The number of nitrogens with zero attached hydrogens (tertiary/aromatic N) is 1. The van der Waals surface area contributed by atoms with Gasteiger partial charge in [-0.1, -0.05) is 19.8 Å². The van der Waals surface area contributed by atoms with Crippen molar-refractivity contribution < 1.29 is 9.90 Å². The van der Waals surface area contributed by atoms with E-state index in [-0.39, 0.29) is 12.0 Å². The molecule has 0 heterocycles. The molecule has 0 saturated heterocycles. The van der Waals surface area contributed by atoms with Crippen LogP contribution in [0.1, 0.15) is 39.5 Å². The Morgan fingerprint density at radius 1 is 1.47 bits per heavy atom. The van der Waals surface area contributed by atoms with Gasteiger partial charge in [-0.15, -0.1) is 6.42 Å². The molecule has 0 radical (unpaired) electrons.